The Morgan fingerprint density at radius 3 is 2.87 bits per heavy atom. The molecule has 2 aromatic heterocycles. The first-order chi connectivity index (χ1) is 7.43. The summed E-state index contributed by atoms with van der Waals surface area (Å²) in [5, 5.41) is 3.02. The molecule has 2 heterocycles. The average Bonchev–Trinajstić information content (AvgIpc) is 2.68. The van der Waals surface area contributed by atoms with E-state index in [1.54, 1.807) is 11.3 Å². The summed E-state index contributed by atoms with van der Waals surface area (Å²) in [6.07, 6.45) is 5.79. The van der Waals surface area contributed by atoms with Crippen LogP contribution in [-0.4, -0.2) is 9.97 Å². The third-order valence-corrected chi connectivity index (χ3v) is 3.74. The molecule has 0 aliphatic heterocycles. The Kier molecular flexibility index (Phi) is 2.25. The highest BCUT2D eigenvalue weighted by Crippen LogP contribution is 2.35. The van der Waals surface area contributed by atoms with Crippen LogP contribution in [0.4, 0.5) is 0 Å². The Balaban J connectivity index is 1.95. The van der Waals surface area contributed by atoms with E-state index in [2.05, 4.69) is 22.1 Å². The average molecular weight is 216 g/mol. The molecule has 1 fully saturated rings. The van der Waals surface area contributed by atoms with Crippen molar-refractivity contribution in [1.82, 2.24) is 9.97 Å². The largest absolute Gasteiger partial charge is 0.250 e. The Bertz CT molecular complexity index is 446. The minimum Gasteiger partial charge on any atom is -0.250 e. The SMILES string of the molecule is c1cc(-c2nccs2)nc(C2CCC2)c1. The molecule has 2 aromatic rings. The summed E-state index contributed by atoms with van der Waals surface area (Å²) in [6.45, 7) is 0. The standard InChI is InChI=1S/C12H12N2S/c1-3-9(4-1)10-5-2-6-11(14-10)12-13-7-8-15-12/h2,5-9H,1,3-4H2. The van der Waals surface area contributed by atoms with Gasteiger partial charge in [-0.25, -0.2) is 4.98 Å². The van der Waals surface area contributed by atoms with Crippen LogP contribution in [0.2, 0.25) is 0 Å². The van der Waals surface area contributed by atoms with E-state index in [0.717, 1.165) is 10.7 Å². The predicted molar refractivity (Wildman–Crippen MR) is 61.9 cm³/mol. The molecule has 0 atom stereocenters. The highest BCUT2D eigenvalue weighted by Gasteiger charge is 2.20. The number of hydrogen-bond donors (Lipinski definition) is 0. The second kappa shape index (κ2) is 3.74. The molecule has 0 amide bonds. The zero-order valence-electron chi connectivity index (χ0n) is 8.39. The summed E-state index contributed by atoms with van der Waals surface area (Å²) in [5.74, 6) is 0.699. The van der Waals surface area contributed by atoms with Crippen molar-refractivity contribution >= 4 is 11.3 Å². The van der Waals surface area contributed by atoms with Gasteiger partial charge in [-0.1, -0.05) is 12.5 Å². The molecule has 76 valence electrons. The Hall–Kier alpha value is -1.22. The molecule has 0 aromatic carbocycles. The van der Waals surface area contributed by atoms with E-state index >= 15 is 0 Å². The monoisotopic (exact) mass is 216 g/mol. The minimum atomic E-state index is 0.699. The highest BCUT2D eigenvalue weighted by atomic mass is 32.1. The molecule has 0 bridgehead atoms. The van der Waals surface area contributed by atoms with E-state index in [4.69, 9.17) is 0 Å². The van der Waals surface area contributed by atoms with Crippen LogP contribution >= 0.6 is 11.3 Å². The lowest BCUT2D eigenvalue weighted by Crippen LogP contribution is -2.10. The van der Waals surface area contributed by atoms with Gasteiger partial charge in [0.1, 0.15) is 5.01 Å². The second-order valence-corrected chi connectivity index (χ2v) is 4.81. The third kappa shape index (κ3) is 1.67. The molecule has 1 saturated carbocycles. The van der Waals surface area contributed by atoms with Crippen molar-refractivity contribution in [3.63, 3.8) is 0 Å². The molecule has 3 heteroatoms. The van der Waals surface area contributed by atoms with E-state index in [0.29, 0.717) is 5.92 Å². The van der Waals surface area contributed by atoms with Gasteiger partial charge in [0.25, 0.3) is 0 Å². The molecule has 1 aliphatic carbocycles. The zero-order valence-corrected chi connectivity index (χ0v) is 9.20. The topological polar surface area (TPSA) is 25.8 Å². The van der Waals surface area contributed by atoms with E-state index in [9.17, 15) is 0 Å². The van der Waals surface area contributed by atoms with Gasteiger partial charge in [-0.05, 0) is 25.0 Å². The summed E-state index contributed by atoms with van der Waals surface area (Å²) < 4.78 is 0. The number of pyridine rings is 1. The molecule has 0 N–H and O–H groups in total. The fourth-order valence-corrected chi connectivity index (χ4v) is 2.46. The van der Waals surface area contributed by atoms with Crippen LogP contribution in [-0.2, 0) is 0 Å². The van der Waals surface area contributed by atoms with Gasteiger partial charge in [0.05, 0.1) is 5.69 Å². The van der Waals surface area contributed by atoms with Gasteiger partial charge in [-0.2, -0.15) is 0 Å². The summed E-state index contributed by atoms with van der Waals surface area (Å²) in [5.41, 5.74) is 2.27. The number of rotatable bonds is 2. The van der Waals surface area contributed by atoms with E-state index in [-0.39, 0.29) is 0 Å². The number of nitrogens with zero attached hydrogens (tertiary/aromatic N) is 2. The van der Waals surface area contributed by atoms with E-state index < -0.39 is 0 Å². The van der Waals surface area contributed by atoms with Crippen molar-refractivity contribution in [2.75, 3.05) is 0 Å². The summed E-state index contributed by atoms with van der Waals surface area (Å²) in [7, 11) is 0. The maximum absolute atomic E-state index is 4.69. The van der Waals surface area contributed by atoms with Crippen LogP contribution in [0, 0.1) is 0 Å². The quantitative estimate of drug-likeness (QED) is 0.768. The first-order valence-electron chi connectivity index (χ1n) is 5.30. The third-order valence-electron chi connectivity index (χ3n) is 2.95. The summed E-state index contributed by atoms with van der Waals surface area (Å²) in [4.78, 5) is 8.97. The van der Waals surface area contributed by atoms with Gasteiger partial charge in [-0.15, -0.1) is 11.3 Å². The van der Waals surface area contributed by atoms with Gasteiger partial charge >= 0.3 is 0 Å². The Labute approximate surface area is 93.0 Å². The van der Waals surface area contributed by atoms with Gasteiger partial charge in [0.2, 0.25) is 0 Å². The van der Waals surface area contributed by atoms with Gasteiger partial charge in [0.15, 0.2) is 0 Å². The fourth-order valence-electron chi connectivity index (χ4n) is 1.85. The molecule has 0 unspecified atom stereocenters. The molecule has 3 rings (SSSR count). The molecular weight excluding hydrogens is 204 g/mol. The van der Waals surface area contributed by atoms with Crippen molar-refractivity contribution in [2.45, 2.75) is 25.2 Å². The molecule has 2 nitrogen and oxygen atoms in total. The molecule has 0 saturated heterocycles. The molecular formula is C12H12N2S. The lowest BCUT2D eigenvalue weighted by Gasteiger charge is -2.24. The van der Waals surface area contributed by atoms with Gasteiger partial charge in [-0.3, -0.25) is 4.98 Å². The van der Waals surface area contributed by atoms with Crippen molar-refractivity contribution in [3.8, 4) is 10.7 Å². The van der Waals surface area contributed by atoms with E-state index in [1.807, 2.05) is 17.6 Å². The summed E-state index contributed by atoms with van der Waals surface area (Å²) >= 11 is 1.65. The fraction of sp³-hybridized carbons (Fsp3) is 0.333. The lowest BCUT2D eigenvalue weighted by atomic mass is 9.82. The normalized spacial score (nSPS) is 16.3. The first kappa shape index (κ1) is 9.04. The van der Waals surface area contributed by atoms with Crippen LogP contribution in [0.25, 0.3) is 10.7 Å². The summed E-state index contributed by atoms with van der Waals surface area (Å²) in [6, 6.07) is 6.28. The molecule has 0 radical (unpaired) electrons. The smallest absolute Gasteiger partial charge is 0.141 e. The molecule has 0 spiro atoms. The first-order valence-corrected chi connectivity index (χ1v) is 6.18. The Morgan fingerprint density at radius 2 is 2.20 bits per heavy atom. The zero-order chi connectivity index (χ0) is 10.1. The number of thiazole rings is 1. The van der Waals surface area contributed by atoms with Crippen molar-refractivity contribution in [1.29, 1.82) is 0 Å². The predicted octanol–water partition coefficient (Wildman–Crippen LogP) is 3.47. The molecule has 15 heavy (non-hydrogen) atoms. The van der Waals surface area contributed by atoms with Crippen LogP contribution in [0.5, 0.6) is 0 Å². The number of hydrogen-bond acceptors (Lipinski definition) is 3. The van der Waals surface area contributed by atoms with Crippen LogP contribution in [0.15, 0.2) is 29.8 Å². The number of aromatic nitrogens is 2. The van der Waals surface area contributed by atoms with Gasteiger partial charge < -0.3 is 0 Å². The minimum absolute atomic E-state index is 0.699. The highest BCUT2D eigenvalue weighted by molar-refractivity contribution is 7.13. The van der Waals surface area contributed by atoms with Crippen LogP contribution in [0.1, 0.15) is 30.9 Å². The molecule has 1 aliphatic rings. The van der Waals surface area contributed by atoms with Crippen LogP contribution < -0.4 is 0 Å². The van der Waals surface area contributed by atoms with Gasteiger partial charge in [0, 0.05) is 23.2 Å². The van der Waals surface area contributed by atoms with Crippen molar-refractivity contribution in [2.24, 2.45) is 0 Å². The maximum Gasteiger partial charge on any atom is 0.141 e. The van der Waals surface area contributed by atoms with Crippen LogP contribution in [0.3, 0.4) is 0 Å². The van der Waals surface area contributed by atoms with E-state index in [1.165, 1.54) is 25.0 Å². The maximum atomic E-state index is 4.69. The second-order valence-electron chi connectivity index (χ2n) is 3.91. The lowest BCUT2D eigenvalue weighted by molar-refractivity contribution is 0.411. The van der Waals surface area contributed by atoms with Crippen molar-refractivity contribution in [3.05, 3.63) is 35.5 Å². The Morgan fingerprint density at radius 1 is 1.27 bits per heavy atom. The van der Waals surface area contributed by atoms with Crippen molar-refractivity contribution < 1.29 is 0 Å².